The summed E-state index contributed by atoms with van der Waals surface area (Å²) in [6.07, 6.45) is 1.56. The van der Waals surface area contributed by atoms with Gasteiger partial charge in [0, 0.05) is 24.6 Å². The lowest BCUT2D eigenvalue weighted by Gasteiger charge is -2.30. The number of benzene rings is 1. The first kappa shape index (κ1) is 15.2. The number of hydrogen-bond acceptors (Lipinski definition) is 5. The van der Waals surface area contributed by atoms with Crippen molar-refractivity contribution in [3.8, 4) is 0 Å². The summed E-state index contributed by atoms with van der Waals surface area (Å²) in [7, 11) is 0. The fraction of sp³-hybridized carbons (Fsp3) is 0.375. The zero-order valence-electron chi connectivity index (χ0n) is 12.7. The van der Waals surface area contributed by atoms with Gasteiger partial charge in [-0.25, -0.2) is 4.79 Å². The molecule has 0 spiro atoms. The van der Waals surface area contributed by atoms with E-state index in [1.807, 2.05) is 0 Å². The minimum Gasteiger partial charge on any atom is -0.478 e. The van der Waals surface area contributed by atoms with Crippen molar-refractivity contribution in [1.29, 1.82) is 0 Å². The maximum absolute atomic E-state index is 12.5. The highest BCUT2D eigenvalue weighted by molar-refractivity contribution is 5.95. The van der Waals surface area contributed by atoms with E-state index in [-0.39, 0.29) is 17.4 Å². The fourth-order valence-electron chi connectivity index (χ4n) is 2.75. The van der Waals surface area contributed by atoms with Crippen molar-refractivity contribution in [3.05, 3.63) is 47.1 Å². The first-order valence-electron chi connectivity index (χ1n) is 7.47. The molecule has 2 heterocycles. The van der Waals surface area contributed by atoms with Crippen LogP contribution in [0, 0.1) is 6.92 Å². The minimum atomic E-state index is -1.00. The van der Waals surface area contributed by atoms with E-state index in [0.29, 0.717) is 30.4 Å². The molecule has 7 heteroatoms. The number of likely N-dealkylation sites (tertiary alicyclic amines) is 1. The molecule has 1 aromatic heterocycles. The maximum atomic E-state index is 12.5. The minimum absolute atomic E-state index is 0.0814. The number of amides is 1. The van der Waals surface area contributed by atoms with E-state index >= 15 is 0 Å². The quantitative estimate of drug-likeness (QED) is 0.931. The zero-order valence-corrected chi connectivity index (χ0v) is 12.7. The van der Waals surface area contributed by atoms with Crippen molar-refractivity contribution in [2.75, 3.05) is 13.1 Å². The van der Waals surface area contributed by atoms with E-state index in [1.165, 1.54) is 12.1 Å². The number of aromatic nitrogens is 2. The van der Waals surface area contributed by atoms with Crippen LogP contribution in [0.1, 0.15) is 51.2 Å². The van der Waals surface area contributed by atoms with Crippen LogP contribution < -0.4 is 0 Å². The number of carboxylic acid groups (broad SMARTS) is 1. The number of hydrogen-bond donors (Lipinski definition) is 1. The number of aromatic carboxylic acids is 1. The topological polar surface area (TPSA) is 96.5 Å². The highest BCUT2D eigenvalue weighted by Gasteiger charge is 2.27. The second-order valence-corrected chi connectivity index (χ2v) is 5.63. The monoisotopic (exact) mass is 315 g/mol. The highest BCUT2D eigenvalue weighted by Crippen LogP contribution is 2.27. The molecule has 0 saturated carbocycles. The van der Waals surface area contributed by atoms with Gasteiger partial charge in [-0.1, -0.05) is 5.16 Å². The Morgan fingerprint density at radius 1 is 1.17 bits per heavy atom. The van der Waals surface area contributed by atoms with Gasteiger partial charge in [0.05, 0.1) is 5.56 Å². The van der Waals surface area contributed by atoms with Gasteiger partial charge in [0.2, 0.25) is 5.89 Å². The Morgan fingerprint density at radius 3 is 2.30 bits per heavy atom. The lowest BCUT2D eigenvalue weighted by atomic mass is 9.96. The van der Waals surface area contributed by atoms with E-state index in [0.717, 1.165) is 12.8 Å². The second-order valence-electron chi connectivity index (χ2n) is 5.63. The van der Waals surface area contributed by atoms with Gasteiger partial charge in [-0.15, -0.1) is 0 Å². The van der Waals surface area contributed by atoms with Gasteiger partial charge in [-0.2, -0.15) is 4.98 Å². The number of carbonyl (C=O) groups is 2. The van der Waals surface area contributed by atoms with Gasteiger partial charge in [0.15, 0.2) is 5.82 Å². The number of carboxylic acids is 1. The third-order valence-corrected chi connectivity index (χ3v) is 4.05. The maximum Gasteiger partial charge on any atom is 0.335 e. The van der Waals surface area contributed by atoms with Crippen LogP contribution in [-0.2, 0) is 0 Å². The number of piperidine rings is 1. The second kappa shape index (κ2) is 6.20. The van der Waals surface area contributed by atoms with Crippen LogP contribution in [0.25, 0.3) is 0 Å². The molecule has 0 aliphatic carbocycles. The van der Waals surface area contributed by atoms with Gasteiger partial charge >= 0.3 is 5.97 Å². The first-order chi connectivity index (χ1) is 11.0. The van der Waals surface area contributed by atoms with E-state index in [2.05, 4.69) is 10.1 Å². The van der Waals surface area contributed by atoms with E-state index in [9.17, 15) is 9.59 Å². The van der Waals surface area contributed by atoms with Gasteiger partial charge < -0.3 is 14.5 Å². The number of rotatable bonds is 3. The Hall–Kier alpha value is -2.70. The summed E-state index contributed by atoms with van der Waals surface area (Å²) in [5.41, 5.74) is 0.675. The largest absolute Gasteiger partial charge is 0.478 e. The Balaban J connectivity index is 1.62. The summed E-state index contributed by atoms with van der Waals surface area (Å²) in [5, 5.41) is 12.7. The Kier molecular flexibility index (Phi) is 4.10. The normalized spacial score (nSPS) is 15.6. The molecule has 1 amide bonds. The Bertz CT molecular complexity index is 715. The summed E-state index contributed by atoms with van der Waals surface area (Å²) < 4.78 is 5.20. The molecule has 1 N–H and O–H groups in total. The number of nitrogens with zero attached hydrogens (tertiary/aromatic N) is 3. The van der Waals surface area contributed by atoms with Crippen molar-refractivity contribution in [2.24, 2.45) is 0 Å². The molecule has 1 aliphatic heterocycles. The SMILES string of the molecule is Cc1noc(C2CCN(C(=O)c3ccc(C(=O)O)cc3)CC2)n1. The summed E-state index contributed by atoms with van der Waals surface area (Å²) in [4.78, 5) is 29.3. The van der Waals surface area contributed by atoms with Crippen LogP contribution in [0.4, 0.5) is 0 Å². The predicted octanol–water partition coefficient (Wildman–Crippen LogP) is 2.10. The number of carbonyl (C=O) groups excluding carboxylic acids is 1. The lowest BCUT2D eigenvalue weighted by molar-refractivity contribution is 0.0687. The van der Waals surface area contributed by atoms with Crippen LogP contribution in [0.3, 0.4) is 0 Å². The van der Waals surface area contributed by atoms with Crippen LogP contribution in [0.2, 0.25) is 0 Å². The van der Waals surface area contributed by atoms with Crippen molar-refractivity contribution in [1.82, 2.24) is 15.0 Å². The summed E-state index contributed by atoms with van der Waals surface area (Å²) in [6, 6.07) is 6.01. The van der Waals surface area contributed by atoms with Crippen LogP contribution in [-0.4, -0.2) is 45.1 Å². The fourth-order valence-corrected chi connectivity index (χ4v) is 2.75. The molecular formula is C16H17N3O4. The van der Waals surface area contributed by atoms with Crippen LogP contribution in [0.5, 0.6) is 0 Å². The Labute approximate surface area is 132 Å². The summed E-state index contributed by atoms with van der Waals surface area (Å²) in [6.45, 7) is 3.02. The first-order valence-corrected chi connectivity index (χ1v) is 7.47. The molecule has 1 saturated heterocycles. The zero-order chi connectivity index (χ0) is 16.4. The van der Waals surface area contributed by atoms with Gasteiger partial charge in [0.25, 0.3) is 5.91 Å². The molecule has 0 radical (unpaired) electrons. The molecule has 23 heavy (non-hydrogen) atoms. The third kappa shape index (κ3) is 3.23. The molecule has 1 aliphatic rings. The molecular weight excluding hydrogens is 298 g/mol. The van der Waals surface area contributed by atoms with E-state index in [1.54, 1.807) is 24.0 Å². The average Bonchev–Trinajstić information content (AvgIpc) is 3.01. The molecule has 2 aromatic rings. The molecule has 3 rings (SSSR count). The number of aryl methyl sites for hydroxylation is 1. The molecule has 120 valence electrons. The smallest absolute Gasteiger partial charge is 0.335 e. The van der Waals surface area contributed by atoms with E-state index in [4.69, 9.17) is 9.63 Å². The lowest BCUT2D eigenvalue weighted by Crippen LogP contribution is -2.38. The molecule has 0 atom stereocenters. The molecule has 1 aromatic carbocycles. The summed E-state index contributed by atoms with van der Waals surface area (Å²) in [5.74, 6) is 0.369. The van der Waals surface area contributed by atoms with Crippen molar-refractivity contribution in [3.63, 3.8) is 0 Å². The van der Waals surface area contributed by atoms with Crippen LogP contribution >= 0.6 is 0 Å². The van der Waals surface area contributed by atoms with Gasteiger partial charge in [0.1, 0.15) is 0 Å². The van der Waals surface area contributed by atoms with Crippen molar-refractivity contribution in [2.45, 2.75) is 25.7 Å². The molecule has 7 nitrogen and oxygen atoms in total. The summed E-state index contributed by atoms with van der Waals surface area (Å²) >= 11 is 0. The molecule has 0 bridgehead atoms. The predicted molar refractivity (Wildman–Crippen MR) is 80.3 cm³/mol. The van der Waals surface area contributed by atoms with Crippen molar-refractivity contribution >= 4 is 11.9 Å². The third-order valence-electron chi connectivity index (χ3n) is 4.05. The highest BCUT2D eigenvalue weighted by atomic mass is 16.5. The van der Waals surface area contributed by atoms with Gasteiger partial charge in [-0.05, 0) is 44.0 Å². The van der Waals surface area contributed by atoms with Gasteiger partial charge in [-0.3, -0.25) is 4.79 Å². The molecule has 0 unspecified atom stereocenters. The molecule has 1 fully saturated rings. The average molecular weight is 315 g/mol. The van der Waals surface area contributed by atoms with Crippen LogP contribution in [0.15, 0.2) is 28.8 Å². The Morgan fingerprint density at radius 2 is 1.78 bits per heavy atom. The van der Waals surface area contributed by atoms with Crippen molar-refractivity contribution < 1.29 is 19.2 Å². The van der Waals surface area contributed by atoms with E-state index < -0.39 is 5.97 Å². The standard InChI is InChI=1S/C16H17N3O4/c1-10-17-14(23-18-10)11-6-8-19(9-7-11)15(20)12-2-4-13(5-3-12)16(21)22/h2-5,11H,6-9H2,1H3,(H,21,22).